The van der Waals surface area contributed by atoms with E-state index in [9.17, 15) is 0 Å². The lowest BCUT2D eigenvalue weighted by molar-refractivity contribution is 0.413. The molecule has 6 nitrogen and oxygen atoms in total. The number of hydrogen-bond acceptors (Lipinski definition) is 6. The minimum absolute atomic E-state index is 0.922. The van der Waals surface area contributed by atoms with Crippen molar-refractivity contribution < 1.29 is 9.47 Å². The number of hydrogen-bond donors (Lipinski definition) is 0. The average molecular weight is 427 g/mol. The molecule has 4 aliphatic rings. The topological polar surface area (TPSA) is 31.4 Å². The zero-order valence-electron chi connectivity index (χ0n) is 18.5. The molecule has 162 valence electrons. The summed E-state index contributed by atoms with van der Waals surface area (Å²) < 4.78 is 11.0. The van der Waals surface area contributed by atoms with Crippen molar-refractivity contribution in [2.45, 2.75) is 26.2 Å². The highest BCUT2D eigenvalue weighted by Gasteiger charge is 2.36. The van der Waals surface area contributed by atoms with Gasteiger partial charge in [0.05, 0.1) is 27.6 Å². The number of benzene rings is 3. The van der Waals surface area contributed by atoms with E-state index >= 15 is 0 Å². The van der Waals surface area contributed by atoms with Crippen molar-refractivity contribution in [3.8, 4) is 11.5 Å². The van der Waals surface area contributed by atoms with Crippen molar-refractivity contribution in [1.29, 1.82) is 0 Å². The van der Waals surface area contributed by atoms with E-state index in [4.69, 9.17) is 9.47 Å². The van der Waals surface area contributed by atoms with Crippen LogP contribution in [0.2, 0.25) is 0 Å². The maximum absolute atomic E-state index is 5.48. The third-order valence-corrected chi connectivity index (χ3v) is 7.42. The van der Waals surface area contributed by atoms with Crippen LogP contribution in [0.5, 0.6) is 11.5 Å². The Morgan fingerprint density at radius 3 is 1.38 bits per heavy atom. The largest absolute Gasteiger partial charge is 0.497 e. The van der Waals surface area contributed by atoms with Crippen LogP contribution in [0.1, 0.15) is 22.3 Å². The molecule has 0 aliphatic carbocycles. The predicted molar refractivity (Wildman–Crippen MR) is 127 cm³/mol. The molecule has 3 aromatic rings. The summed E-state index contributed by atoms with van der Waals surface area (Å²) in [7, 11) is 3.48. The molecule has 6 heteroatoms. The van der Waals surface area contributed by atoms with E-state index < -0.39 is 0 Å². The van der Waals surface area contributed by atoms with Crippen molar-refractivity contribution in [3.05, 3.63) is 70.8 Å². The molecule has 0 radical (unpaired) electrons. The van der Waals surface area contributed by atoms with Gasteiger partial charge in [-0.2, -0.15) is 0 Å². The molecule has 3 aromatic carbocycles. The van der Waals surface area contributed by atoms with Crippen LogP contribution < -0.4 is 29.1 Å². The minimum atomic E-state index is 0.922. The molecule has 0 aromatic heterocycles. The smallest absolute Gasteiger partial charge is 0.119 e. The van der Waals surface area contributed by atoms with Gasteiger partial charge in [-0.1, -0.05) is 0 Å². The molecular formula is C26H26N4O2. The van der Waals surface area contributed by atoms with Gasteiger partial charge in [0.2, 0.25) is 0 Å². The van der Waals surface area contributed by atoms with E-state index in [1.54, 1.807) is 14.2 Å². The van der Waals surface area contributed by atoms with E-state index in [2.05, 4.69) is 68.1 Å². The van der Waals surface area contributed by atoms with Crippen LogP contribution in [0.15, 0.2) is 48.5 Å². The molecule has 4 heterocycles. The first-order valence-corrected chi connectivity index (χ1v) is 11.2. The molecule has 0 amide bonds. The van der Waals surface area contributed by atoms with Gasteiger partial charge >= 0.3 is 0 Å². The maximum Gasteiger partial charge on any atom is 0.119 e. The molecule has 7 rings (SSSR count). The van der Waals surface area contributed by atoms with Gasteiger partial charge < -0.3 is 29.1 Å². The summed E-state index contributed by atoms with van der Waals surface area (Å²) in [4.78, 5) is 10.0. The van der Waals surface area contributed by atoms with Crippen molar-refractivity contribution in [1.82, 2.24) is 0 Å². The fourth-order valence-corrected chi connectivity index (χ4v) is 5.91. The molecule has 0 saturated carbocycles. The lowest BCUT2D eigenvalue weighted by Crippen LogP contribution is -2.49. The third-order valence-electron chi connectivity index (χ3n) is 7.42. The van der Waals surface area contributed by atoms with E-state index in [1.807, 2.05) is 0 Å². The molecule has 0 spiro atoms. The number of anilines is 4. The fraction of sp³-hybridized carbons (Fsp3) is 0.308. The predicted octanol–water partition coefficient (Wildman–Crippen LogP) is 4.30. The maximum atomic E-state index is 5.48. The first-order chi connectivity index (χ1) is 15.7. The van der Waals surface area contributed by atoms with Crippen molar-refractivity contribution in [2.75, 3.05) is 47.2 Å². The van der Waals surface area contributed by atoms with E-state index in [0.29, 0.717) is 0 Å². The SMILES string of the molecule is COc1ccc2c(c1)CN1CN2Cc2c1ccc1c2CN2CN1Cc1cc(OC)ccc12. The summed E-state index contributed by atoms with van der Waals surface area (Å²) in [6, 6.07) is 17.7. The van der Waals surface area contributed by atoms with Gasteiger partial charge in [-0.25, -0.2) is 0 Å². The Balaban J connectivity index is 1.29. The number of rotatable bonds is 2. The van der Waals surface area contributed by atoms with Crippen molar-refractivity contribution >= 4 is 22.7 Å². The first kappa shape index (κ1) is 18.1. The lowest BCUT2D eigenvalue weighted by atomic mass is 9.93. The van der Waals surface area contributed by atoms with Gasteiger partial charge in [-0.05, 0) is 59.7 Å². The molecule has 0 N–H and O–H groups in total. The number of methoxy groups -OCH3 is 2. The minimum Gasteiger partial charge on any atom is -0.497 e. The quantitative estimate of drug-likeness (QED) is 0.608. The highest BCUT2D eigenvalue weighted by Crippen LogP contribution is 2.46. The van der Waals surface area contributed by atoms with Crippen molar-refractivity contribution in [3.63, 3.8) is 0 Å². The summed E-state index contributed by atoms with van der Waals surface area (Å²) in [6.45, 7) is 5.63. The van der Waals surface area contributed by atoms with Crippen LogP contribution in [-0.4, -0.2) is 27.6 Å². The zero-order valence-corrected chi connectivity index (χ0v) is 18.5. The highest BCUT2D eigenvalue weighted by atomic mass is 16.5. The standard InChI is InChI=1S/C26H26N4O2/c1-31-19-3-5-23-17(9-19)11-27-15-29(23)13-21-22-14-30-16-28(26(22)8-7-25(21)27)12-18-10-20(32-2)4-6-24(18)30/h3-10H,11-16H2,1-2H3. The highest BCUT2D eigenvalue weighted by molar-refractivity contribution is 5.77. The van der Waals surface area contributed by atoms with Crippen LogP contribution in [0.25, 0.3) is 0 Å². The summed E-state index contributed by atoms with van der Waals surface area (Å²) in [6.07, 6.45) is 0. The monoisotopic (exact) mass is 426 g/mol. The molecule has 0 fully saturated rings. The average Bonchev–Trinajstić information content (AvgIpc) is 2.83. The first-order valence-electron chi connectivity index (χ1n) is 11.2. The van der Waals surface area contributed by atoms with Gasteiger partial charge in [0.25, 0.3) is 0 Å². The Kier molecular flexibility index (Phi) is 3.66. The molecule has 0 saturated heterocycles. The summed E-state index contributed by atoms with van der Waals surface area (Å²) in [5, 5.41) is 0. The van der Waals surface area contributed by atoms with Crippen LogP contribution in [0.3, 0.4) is 0 Å². The summed E-state index contributed by atoms with van der Waals surface area (Å²) in [5.41, 5.74) is 11.1. The number of nitrogens with zero attached hydrogens (tertiary/aromatic N) is 4. The number of ether oxygens (including phenoxy) is 2. The van der Waals surface area contributed by atoms with Crippen LogP contribution >= 0.6 is 0 Å². The van der Waals surface area contributed by atoms with Gasteiger partial charge in [0, 0.05) is 60.1 Å². The Hall–Kier alpha value is -3.54. The van der Waals surface area contributed by atoms with Crippen LogP contribution in [0, 0.1) is 0 Å². The molecule has 4 bridgehead atoms. The van der Waals surface area contributed by atoms with Gasteiger partial charge in [-0.15, -0.1) is 0 Å². The molecule has 0 atom stereocenters. The third kappa shape index (κ3) is 2.46. The fourth-order valence-electron chi connectivity index (χ4n) is 5.91. The Morgan fingerprint density at radius 1 is 0.531 bits per heavy atom. The Morgan fingerprint density at radius 2 is 0.938 bits per heavy atom. The van der Waals surface area contributed by atoms with Gasteiger partial charge in [-0.3, -0.25) is 0 Å². The molecular weight excluding hydrogens is 400 g/mol. The zero-order chi connectivity index (χ0) is 21.4. The van der Waals surface area contributed by atoms with Crippen molar-refractivity contribution in [2.24, 2.45) is 0 Å². The second-order valence-electron chi connectivity index (χ2n) is 9.12. The lowest BCUT2D eigenvalue weighted by Gasteiger charge is -2.49. The summed E-state index contributed by atoms with van der Waals surface area (Å²) in [5.74, 6) is 1.86. The van der Waals surface area contributed by atoms with Gasteiger partial charge in [0.15, 0.2) is 0 Å². The molecule has 32 heavy (non-hydrogen) atoms. The Bertz CT molecular complexity index is 1160. The molecule has 0 unspecified atom stereocenters. The summed E-state index contributed by atoms with van der Waals surface area (Å²) >= 11 is 0. The second kappa shape index (κ2) is 6.48. The van der Waals surface area contributed by atoms with Gasteiger partial charge in [0.1, 0.15) is 11.5 Å². The van der Waals surface area contributed by atoms with Crippen LogP contribution in [-0.2, 0) is 26.2 Å². The second-order valence-corrected chi connectivity index (χ2v) is 9.12. The Labute approximate surface area is 188 Å². The normalized spacial score (nSPS) is 17.3. The van der Waals surface area contributed by atoms with E-state index in [1.165, 1.54) is 45.0 Å². The molecule has 4 aliphatic heterocycles. The van der Waals surface area contributed by atoms with E-state index in [-0.39, 0.29) is 0 Å². The van der Waals surface area contributed by atoms with Crippen LogP contribution in [0.4, 0.5) is 22.7 Å². The van der Waals surface area contributed by atoms with E-state index in [0.717, 1.165) is 51.0 Å². The number of fused-ring (bicyclic) bond motifs is 13.